The van der Waals surface area contributed by atoms with Crippen molar-refractivity contribution in [2.75, 3.05) is 25.9 Å². The van der Waals surface area contributed by atoms with E-state index in [0.29, 0.717) is 13.0 Å². The molecule has 7 heteroatoms. The summed E-state index contributed by atoms with van der Waals surface area (Å²) in [5.74, 6) is -0.741. The maximum atomic E-state index is 14.0. The van der Waals surface area contributed by atoms with Crippen LogP contribution in [0.2, 0.25) is 0 Å². The average Bonchev–Trinajstić information content (AvgIpc) is 2.83. The summed E-state index contributed by atoms with van der Waals surface area (Å²) in [6.45, 7) is 2.06. The van der Waals surface area contributed by atoms with Crippen LogP contribution in [-0.2, 0) is 14.8 Å². The van der Waals surface area contributed by atoms with Gasteiger partial charge in [0.1, 0.15) is 10.7 Å². The van der Waals surface area contributed by atoms with Crippen molar-refractivity contribution in [3.8, 4) is 0 Å². The first kappa shape index (κ1) is 14.2. The van der Waals surface area contributed by atoms with E-state index >= 15 is 0 Å². The Morgan fingerprint density at radius 2 is 2.16 bits per heavy atom. The highest BCUT2D eigenvalue weighted by atomic mass is 32.2. The first-order valence-electron chi connectivity index (χ1n) is 5.95. The smallest absolute Gasteiger partial charge is 0.246 e. The number of hydrogen-bond donors (Lipinski definition) is 1. The summed E-state index contributed by atoms with van der Waals surface area (Å²) in [5.41, 5.74) is 6.06. The first-order chi connectivity index (χ1) is 8.86. The van der Waals surface area contributed by atoms with E-state index < -0.39 is 15.8 Å². The summed E-state index contributed by atoms with van der Waals surface area (Å²) in [4.78, 5) is -0.359. The van der Waals surface area contributed by atoms with E-state index in [-0.39, 0.29) is 28.8 Å². The van der Waals surface area contributed by atoms with Gasteiger partial charge in [-0.25, -0.2) is 12.8 Å². The van der Waals surface area contributed by atoms with Crippen molar-refractivity contribution >= 4 is 15.7 Å². The molecule has 1 aliphatic heterocycles. The van der Waals surface area contributed by atoms with Crippen LogP contribution in [0.1, 0.15) is 12.0 Å². The summed E-state index contributed by atoms with van der Waals surface area (Å²) in [7, 11) is -2.33. The molecule has 1 aromatic carbocycles. The van der Waals surface area contributed by atoms with E-state index in [1.807, 2.05) is 0 Å². The zero-order valence-corrected chi connectivity index (χ0v) is 11.7. The molecule has 0 aliphatic carbocycles. The van der Waals surface area contributed by atoms with Gasteiger partial charge >= 0.3 is 0 Å². The average molecular weight is 288 g/mol. The number of sulfonamides is 1. The molecule has 1 atom stereocenters. The fourth-order valence-electron chi connectivity index (χ4n) is 2.20. The van der Waals surface area contributed by atoms with Crippen LogP contribution in [0, 0.1) is 12.7 Å². The molecule has 0 radical (unpaired) electrons. The maximum absolute atomic E-state index is 14.0. The van der Waals surface area contributed by atoms with Crippen molar-refractivity contribution in [1.82, 2.24) is 4.31 Å². The third-order valence-electron chi connectivity index (χ3n) is 3.30. The molecule has 1 saturated heterocycles. The lowest BCUT2D eigenvalue weighted by Crippen LogP contribution is -2.31. The number of rotatable bonds is 3. The molecular formula is C12H17FN2O3S. The molecule has 106 valence electrons. The molecule has 0 saturated carbocycles. The maximum Gasteiger partial charge on any atom is 0.246 e. The monoisotopic (exact) mass is 288 g/mol. The van der Waals surface area contributed by atoms with E-state index in [2.05, 4.69) is 0 Å². The molecular weight excluding hydrogens is 271 g/mol. The molecule has 0 aromatic heterocycles. The van der Waals surface area contributed by atoms with E-state index in [1.165, 1.54) is 24.4 Å². The lowest BCUT2D eigenvalue weighted by molar-refractivity contribution is 0.115. The third kappa shape index (κ3) is 2.58. The van der Waals surface area contributed by atoms with Gasteiger partial charge < -0.3 is 10.5 Å². The van der Waals surface area contributed by atoms with E-state index in [9.17, 15) is 12.8 Å². The predicted molar refractivity (Wildman–Crippen MR) is 69.7 cm³/mol. The zero-order valence-electron chi connectivity index (χ0n) is 10.9. The summed E-state index contributed by atoms with van der Waals surface area (Å²) >= 11 is 0. The fourth-order valence-corrected chi connectivity index (χ4v) is 3.86. The molecule has 2 rings (SSSR count). The van der Waals surface area contributed by atoms with Gasteiger partial charge in [-0.2, -0.15) is 4.31 Å². The number of nitrogens with zero attached hydrogens (tertiary/aromatic N) is 1. The molecule has 1 unspecified atom stereocenters. The Kier molecular flexibility index (Phi) is 3.80. The Balaban J connectivity index is 2.41. The Labute approximate surface area is 112 Å². The second-order valence-corrected chi connectivity index (χ2v) is 6.57. The standard InChI is InChI=1S/C12H17FN2O3S/c1-8-5-9(14)6-11(12(8)13)19(16,17)15-4-3-10(7-15)18-2/h5-6,10H,3-4,7,14H2,1-2H3. The summed E-state index contributed by atoms with van der Waals surface area (Å²) in [6, 6.07) is 2.58. The van der Waals surface area contributed by atoms with Gasteiger partial charge in [-0.1, -0.05) is 0 Å². The van der Waals surface area contributed by atoms with Gasteiger partial charge in [-0.15, -0.1) is 0 Å². The van der Waals surface area contributed by atoms with Gasteiger partial charge in [0, 0.05) is 25.9 Å². The number of benzene rings is 1. The molecule has 0 amide bonds. The molecule has 1 heterocycles. The quantitative estimate of drug-likeness (QED) is 0.846. The third-order valence-corrected chi connectivity index (χ3v) is 5.17. The lowest BCUT2D eigenvalue weighted by atomic mass is 10.2. The van der Waals surface area contributed by atoms with Crippen molar-refractivity contribution in [2.45, 2.75) is 24.3 Å². The van der Waals surface area contributed by atoms with E-state index in [4.69, 9.17) is 10.5 Å². The van der Waals surface area contributed by atoms with E-state index in [0.717, 1.165) is 6.07 Å². The number of methoxy groups -OCH3 is 1. The highest BCUT2D eigenvalue weighted by Crippen LogP contribution is 2.27. The van der Waals surface area contributed by atoms with Crippen LogP contribution < -0.4 is 5.73 Å². The molecule has 0 spiro atoms. The van der Waals surface area contributed by atoms with Gasteiger partial charge in [-0.05, 0) is 31.0 Å². The van der Waals surface area contributed by atoms with Gasteiger partial charge in [0.25, 0.3) is 0 Å². The SMILES string of the molecule is COC1CCN(S(=O)(=O)c2cc(N)cc(C)c2F)C1. The van der Waals surface area contributed by atoms with Crippen LogP contribution in [-0.4, -0.2) is 39.0 Å². The molecule has 0 bridgehead atoms. The normalized spacial score (nSPS) is 20.9. The molecule has 1 fully saturated rings. The predicted octanol–water partition coefficient (Wildman–Crippen LogP) is 1.13. The summed E-state index contributed by atoms with van der Waals surface area (Å²) < 4.78 is 45.2. The Morgan fingerprint density at radius 1 is 1.47 bits per heavy atom. The van der Waals surface area contributed by atoms with Crippen LogP contribution >= 0.6 is 0 Å². The number of anilines is 1. The fraction of sp³-hybridized carbons (Fsp3) is 0.500. The highest BCUT2D eigenvalue weighted by Gasteiger charge is 2.34. The van der Waals surface area contributed by atoms with Crippen LogP contribution in [0.5, 0.6) is 0 Å². The van der Waals surface area contributed by atoms with Crippen LogP contribution in [0.25, 0.3) is 0 Å². The van der Waals surface area contributed by atoms with Gasteiger partial charge in [-0.3, -0.25) is 0 Å². The number of hydrogen-bond acceptors (Lipinski definition) is 4. The first-order valence-corrected chi connectivity index (χ1v) is 7.39. The van der Waals surface area contributed by atoms with Crippen LogP contribution in [0.4, 0.5) is 10.1 Å². The van der Waals surface area contributed by atoms with Gasteiger partial charge in [0.2, 0.25) is 10.0 Å². The Bertz CT molecular complexity index is 589. The van der Waals surface area contributed by atoms with Crippen molar-refractivity contribution in [3.05, 3.63) is 23.5 Å². The number of nitrogens with two attached hydrogens (primary N) is 1. The van der Waals surface area contributed by atoms with Crippen molar-refractivity contribution < 1.29 is 17.5 Å². The van der Waals surface area contributed by atoms with Crippen LogP contribution in [0.3, 0.4) is 0 Å². The lowest BCUT2D eigenvalue weighted by Gasteiger charge is -2.17. The number of halogens is 1. The minimum Gasteiger partial charge on any atom is -0.399 e. The largest absolute Gasteiger partial charge is 0.399 e. The van der Waals surface area contributed by atoms with Gasteiger partial charge in [0.15, 0.2) is 0 Å². The Hall–Kier alpha value is -1.18. The minimum absolute atomic E-state index is 0.139. The molecule has 19 heavy (non-hydrogen) atoms. The molecule has 2 N–H and O–H groups in total. The van der Waals surface area contributed by atoms with Crippen molar-refractivity contribution in [1.29, 1.82) is 0 Å². The minimum atomic E-state index is -3.86. The summed E-state index contributed by atoms with van der Waals surface area (Å²) in [5, 5.41) is 0. The highest BCUT2D eigenvalue weighted by molar-refractivity contribution is 7.89. The molecule has 5 nitrogen and oxygen atoms in total. The van der Waals surface area contributed by atoms with Crippen molar-refractivity contribution in [3.63, 3.8) is 0 Å². The molecule has 1 aliphatic rings. The second-order valence-electron chi connectivity index (χ2n) is 4.66. The number of aryl methyl sites for hydroxylation is 1. The number of nitrogen functional groups attached to an aromatic ring is 1. The Morgan fingerprint density at radius 3 is 2.74 bits per heavy atom. The van der Waals surface area contributed by atoms with E-state index in [1.54, 1.807) is 0 Å². The zero-order chi connectivity index (χ0) is 14.2. The number of ether oxygens (including phenoxy) is 1. The molecule has 1 aromatic rings. The van der Waals surface area contributed by atoms with Crippen molar-refractivity contribution in [2.24, 2.45) is 0 Å². The second kappa shape index (κ2) is 5.07. The van der Waals surface area contributed by atoms with Crippen LogP contribution in [0.15, 0.2) is 17.0 Å². The van der Waals surface area contributed by atoms with Gasteiger partial charge in [0.05, 0.1) is 6.10 Å². The summed E-state index contributed by atoms with van der Waals surface area (Å²) in [6.07, 6.45) is 0.471. The topological polar surface area (TPSA) is 72.6 Å².